The summed E-state index contributed by atoms with van der Waals surface area (Å²) in [4.78, 5) is 12.6. The van der Waals surface area contributed by atoms with E-state index in [2.05, 4.69) is 9.88 Å². The summed E-state index contributed by atoms with van der Waals surface area (Å²) < 4.78 is 28.1. The molecule has 7 heteroatoms. The van der Waals surface area contributed by atoms with Crippen molar-refractivity contribution in [2.75, 3.05) is 12.1 Å². The zero-order valence-electron chi connectivity index (χ0n) is 15.2. The fourth-order valence-electron chi connectivity index (χ4n) is 3.83. The number of carbonyl (C=O) groups excluding carboxylic acids is 1. The highest BCUT2D eigenvalue weighted by Gasteiger charge is 2.29. The summed E-state index contributed by atoms with van der Waals surface area (Å²) in [7, 11) is 0. The van der Waals surface area contributed by atoms with E-state index in [1.165, 1.54) is 12.1 Å². The second kappa shape index (κ2) is 6.67. The third kappa shape index (κ3) is 2.98. The monoisotopic (exact) mass is 380 g/mol. The molecule has 2 aliphatic heterocycles. The molecule has 5 rings (SSSR count). The number of amides is 1. The fourth-order valence-corrected chi connectivity index (χ4v) is 3.83. The average Bonchev–Trinajstić information content (AvgIpc) is 3.40. The van der Waals surface area contributed by atoms with Crippen molar-refractivity contribution >= 4 is 11.6 Å². The van der Waals surface area contributed by atoms with Crippen LogP contribution in [0.4, 0.5) is 10.1 Å². The molecule has 0 spiro atoms. The number of aromatic nitrogens is 2. The molecule has 1 N–H and O–H groups in total. The third-order valence-corrected chi connectivity index (χ3v) is 5.10. The Morgan fingerprint density at radius 3 is 2.82 bits per heavy atom. The molecule has 0 unspecified atom stereocenters. The predicted octanol–water partition coefficient (Wildman–Crippen LogP) is 2.90. The molecule has 142 valence electrons. The van der Waals surface area contributed by atoms with Gasteiger partial charge in [0.1, 0.15) is 12.0 Å². The van der Waals surface area contributed by atoms with Crippen LogP contribution in [0.3, 0.4) is 0 Å². The molecule has 0 atom stereocenters. The standard InChI is InChI=1S/C21H18FN3O3/c22-15-5-3-14(4-6-15)17-11-24(21-2-1-9-25(17)21)12-20(26)23-16-7-8-18-19(10-16)28-13-27-18/h3-8,10-11H,1-2,9,12-13H2/p+1. The van der Waals surface area contributed by atoms with Gasteiger partial charge in [-0.25, -0.2) is 13.5 Å². The van der Waals surface area contributed by atoms with E-state index in [0.717, 1.165) is 36.5 Å². The number of anilines is 1. The summed E-state index contributed by atoms with van der Waals surface area (Å²) in [6, 6.07) is 11.8. The first kappa shape index (κ1) is 16.8. The number of hydrogen-bond donors (Lipinski definition) is 1. The summed E-state index contributed by atoms with van der Waals surface area (Å²) in [6.45, 7) is 1.31. The minimum atomic E-state index is -0.257. The van der Waals surface area contributed by atoms with Crippen LogP contribution < -0.4 is 19.4 Å². The predicted molar refractivity (Wildman–Crippen MR) is 99.5 cm³/mol. The average molecular weight is 380 g/mol. The highest BCUT2D eigenvalue weighted by Crippen LogP contribution is 2.34. The van der Waals surface area contributed by atoms with Crippen LogP contribution in [0.25, 0.3) is 11.3 Å². The smallest absolute Gasteiger partial charge is 0.266 e. The van der Waals surface area contributed by atoms with Gasteiger partial charge in [0.2, 0.25) is 6.79 Å². The Bertz CT molecular complexity index is 1060. The van der Waals surface area contributed by atoms with Gasteiger partial charge in [-0.05, 0) is 42.8 Å². The molecule has 1 aromatic heterocycles. The molecule has 0 radical (unpaired) electrons. The summed E-state index contributed by atoms with van der Waals surface area (Å²) in [5.41, 5.74) is 2.62. The molecule has 0 fully saturated rings. The van der Waals surface area contributed by atoms with Crippen molar-refractivity contribution < 1.29 is 23.2 Å². The zero-order chi connectivity index (χ0) is 19.1. The molecule has 3 aromatic rings. The number of rotatable bonds is 4. The largest absolute Gasteiger partial charge is 0.454 e. The molecule has 0 aliphatic carbocycles. The van der Waals surface area contributed by atoms with Crippen molar-refractivity contribution in [1.29, 1.82) is 0 Å². The lowest BCUT2D eigenvalue weighted by Crippen LogP contribution is -2.42. The lowest BCUT2D eigenvalue weighted by atomic mass is 10.1. The second-order valence-corrected chi connectivity index (χ2v) is 6.94. The Balaban J connectivity index is 1.37. The zero-order valence-corrected chi connectivity index (χ0v) is 15.2. The van der Waals surface area contributed by atoms with Gasteiger partial charge in [-0.15, -0.1) is 0 Å². The fraction of sp³-hybridized carbons (Fsp3) is 0.238. The van der Waals surface area contributed by atoms with Crippen LogP contribution >= 0.6 is 0 Å². The maximum absolute atomic E-state index is 13.3. The number of nitrogens with zero attached hydrogens (tertiary/aromatic N) is 2. The van der Waals surface area contributed by atoms with E-state index >= 15 is 0 Å². The van der Waals surface area contributed by atoms with E-state index in [0.29, 0.717) is 17.2 Å². The van der Waals surface area contributed by atoms with E-state index in [9.17, 15) is 9.18 Å². The summed E-state index contributed by atoms with van der Waals surface area (Å²) in [5, 5.41) is 2.91. The molecule has 28 heavy (non-hydrogen) atoms. The number of hydrogen-bond acceptors (Lipinski definition) is 3. The molecule has 0 bridgehead atoms. The molecule has 2 aromatic carbocycles. The van der Waals surface area contributed by atoms with Gasteiger partial charge in [0.25, 0.3) is 11.7 Å². The molecule has 6 nitrogen and oxygen atoms in total. The summed E-state index contributed by atoms with van der Waals surface area (Å²) in [6.07, 6.45) is 3.92. The van der Waals surface area contributed by atoms with Crippen LogP contribution in [0.1, 0.15) is 12.2 Å². The van der Waals surface area contributed by atoms with Crippen LogP contribution in [0, 0.1) is 5.82 Å². The molecule has 0 saturated carbocycles. The Hall–Kier alpha value is -3.35. The highest BCUT2D eigenvalue weighted by molar-refractivity contribution is 5.90. The lowest BCUT2D eigenvalue weighted by molar-refractivity contribution is -0.690. The minimum absolute atomic E-state index is 0.116. The Morgan fingerprint density at radius 2 is 1.96 bits per heavy atom. The quantitative estimate of drug-likeness (QED) is 0.708. The van der Waals surface area contributed by atoms with E-state index in [-0.39, 0.29) is 25.1 Å². The van der Waals surface area contributed by atoms with Crippen molar-refractivity contribution in [1.82, 2.24) is 4.57 Å². The number of nitrogens with one attached hydrogen (secondary N) is 1. The van der Waals surface area contributed by atoms with Gasteiger partial charge in [-0.1, -0.05) is 0 Å². The van der Waals surface area contributed by atoms with E-state index in [4.69, 9.17) is 9.47 Å². The number of ether oxygens (including phenoxy) is 2. The van der Waals surface area contributed by atoms with Crippen LogP contribution in [0.15, 0.2) is 48.7 Å². The van der Waals surface area contributed by atoms with Crippen LogP contribution in [0.5, 0.6) is 11.5 Å². The van der Waals surface area contributed by atoms with Crippen molar-refractivity contribution in [2.24, 2.45) is 0 Å². The Morgan fingerprint density at radius 1 is 1.14 bits per heavy atom. The maximum Gasteiger partial charge on any atom is 0.266 e. The first-order valence-corrected chi connectivity index (χ1v) is 9.25. The van der Waals surface area contributed by atoms with Gasteiger partial charge in [-0.3, -0.25) is 4.79 Å². The Labute approximate surface area is 161 Å². The highest BCUT2D eigenvalue weighted by atomic mass is 19.1. The summed E-state index contributed by atoms with van der Waals surface area (Å²) in [5.74, 6) is 2.05. The minimum Gasteiger partial charge on any atom is -0.454 e. The van der Waals surface area contributed by atoms with Gasteiger partial charge in [0, 0.05) is 17.3 Å². The van der Waals surface area contributed by atoms with Crippen molar-refractivity contribution in [2.45, 2.75) is 25.9 Å². The SMILES string of the molecule is O=C(C[n+]1cc(-c2ccc(F)cc2)n2c1CCC2)Nc1ccc2c(c1)OCO2. The van der Waals surface area contributed by atoms with E-state index in [1.54, 1.807) is 30.3 Å². The lowest BCUT2D eigenvalue weighted by Gasteiger charge is -2.05. The van der Waals surface area contributed by atoms with E-state index in [1.807, 2.05) is 10.8 Å². The second-order valence-electron chi connectivity index (χ2n) is 6.94. The first-order chi connectivity index (χ1) is 13.7. The molecular formula is C21H19FN3O3+. The van der Waals surface area contributed by atoms with Gasteiger partial charge in [0.15, 0.2) is 23.7 Å². The van der Waals surface area contributed by atoms with E-state index < -0.39 is 0 Å². The van der Waals surface area contributed by atoms with Crippen LogP contribution in [-0.4, -0.2) is 17.3 Å². The normalized spacial score (nSPS) is 14.2. The van der Waals surface area contributed by atoms with Crippen LogP contribution in [0.2, 0.25) is 0 Å². The van der Waals surface area contributed by atoms with Crippen molar-refractivity contribution in [3.8, 4) is 22.8 Å². The maximum atomic E-state index is 13.3. The number of fused-ring (bicyclic) bond motifs is 2. The third-order valence-electron chi connectivity index (χ3n) is 5.10. The van der Waals surface area contributed by atoms with Crippen molar-refractivity contribution in [3.63, 3.8) is 0 Å². The first-order valence-electron chi connectivity index (χ1n) is 9.25. The van der Waals surface area contributed by atoms with Crippen molar-refractivity contribution in [3.05, 3.63) is 60.3 Å². The number of carbonyl (C=O) groups is 1. The molecular weight excluding hydrogens is 361 g/mol. The molecule has 1 amide bonds. The molecule has 3 heterocycles. The topological polar surface area (TPSA) is 56.4 Å². The van der Waals surface area contributed by atoms with Gasteiger partial charge in [0.05, 0.1) is 13.0 Å². The van der Waals surface area contributed by atoms with Gasteiger partial charge in [-0.2, -0.15) is 0 Å². The van der Waals surface area contributed by atoms with Gasteiger partial charge < -0.3 is 14.8 Å². The van der Waals surface area contributed by atoms with Crippen LogP contribution in [-0.2, 0) is 24.3 Å². The number of benzene rings is 2. The summed E-state index contributed by atoms with van der Waals surface area (Å²) >= 11 is 0. The Kier molecular flexibility index (Phi) is 4.00. The number of halogens is 1. The van der Waals surface area contributed by atoms with Gasteiger partial charge >= 0.3 is 0 Å². The number of imidazole rings is 1. The molecule has 2 aliphatic rings. The molecule has 0 saturated heterocycles.